The Kier molecular flexibility index (Phi) is 5.90. The Balaban J connectivity index is 1.57. The molecule has 1 aliphatic heterocycles. The van der Waals surface area contributed by atoms with Crippen LogP contribution in [-0.2, 0) is 10.0 Å². The summed E-state index contributed by atoms with van der Waals surface area (Å²) in [5.41, 5.74) is 0.843. The number of sulfonamides is 1. The minimum Gasteiger partial charge on any atom is -0.459 e. The number of piperidine rings is 1. The van der Waals surface area contributed by atoms with E-state index in [0.29, 0.717) is 19.6 Å². The molecule has 1 fully saturated rings. The molecular weight excluding hydrogens is 352 g/mol. The van der Waals surface area contributed by atoms with Crippen molar-refractivity contribution < 1.29 is 17.6 Å². The Morgan fingerprint density at radius 1 is 1.23 bits per heavy atom. The second-order valence-corrected chi connectivity index (χ2v) is 8.13. The molecule has 0 spiro atoms. The van der Waals surface area contributed by atoms with Crippen LogP contribution in [0.5, 0.6) is 0 Å². The maximum Gasteiger partial charge on any atom is 0.286 e. The SMILES string of the molecule is O=C(NCC1CCCN(S(=O)(=O)/C=C/c2ccccc2)C1)c1ccco1. The molecule has 0 saturated carbocycles. The van der Waals surface area contributed by atoms with Crippen LogP contribution in [-0.4, -0.2) is 38.3 Å². The fourth-order valence-corrected chi connectivity index (χ4v) is 4.27. The highest BCUT2D eigenvalue weighted by Crippen LogP contribution is 2.20. The lowest BCUT2D eigenvalue weighted by Crippen LogP contribution is -2.43. The van der Waals surface area contributed by atoms with Crippen LogP contribution in [0.3, 0.4) is 0 Å². The Labute approximate surface area is 153 Å². The van der Waals surface area contributed by atoms with Crippen molar-refractivity contribution in [2.45, 2.75) is 12.8 Å². The first-order valence-corrected chi connectivity index (χ1v) is 10.1. The molecule has 1 atom stereocenters. The normalized spacial score (nSPS) is 18.8. The number of amides is 1. The molecule has 0 bridgehead atoms. The zero-order chi connectivity index (χ0) is 18.4. The van der Waals surface area contributed by atoms with E-state index in [1.54, 1.807) is 18.2 Å². The number of carbonyl (C=O) groups is 1. The van der Waals surface area contributed by atoms with Gasteiger partial charge in [-0.1, -0.05) is 30.3 Å². The molecule has 138 valence electrons. The second-order valence-electron chi connectivity index (χ2n) is 6.31. The maximum atomic E-state index is 12.6. The Morgan fingerprint density at radius 2 is 2.04 bits per heavy atom. The first kappa shape index (κ1) is 18.4. The fourth-order valence-electron chi connectivity index (χ4n) is 2.97. The lowest BCUT2D eigenvalue weighted by Gasteiger charge is -2.31. The van der Waals surface area contributed by atoms with Gasteiger partial charge in [0.25, 0.3) is 5.91 Å². The average molecular weight is 374 g/mol. The summed E-state index contributed by atoms with van der Waals surface area (Å²) in [4.78, 5) is 11.9. The fraction of sp³-hybridized carbons (Fsp3) is 0.316. The van der Waals surface area contributed by atoms with Gasteiger partial charge in [-0.3, -0.25) is 4.79 Å². The standard InChI is InChI=1S/C19H22N2O4S/c22-19(18-9-5-12-25-18)20-14-17-8-4-11-21(15-17)26(23,24)13-10-16-6-2-1-3-7-16/h1-3,5-7,9-10,12-13,17H,4,8,11,14-15H2,(H,20,22)/b13-10+. The largest absolute Gasteiger partial charge is 0.459 e. The van der Waals surface area contributed by atoms with Gasteiger partial charge < -0.3 is 9.73 Å². The van der Waals surface area contributed by atoms with Gasteiger partial charge in [-0.05, 0) is 42.5 Å². The third kappa shape index (κ3) is 4.83. The van der Waals surface area contributed by atoms with E-state index in [9.17, 15) is 13.2 Å². The number of rotatable bonds is 6. The summed E-state index contributed by atoms with van der Waals surface area (Å²) in [5, 5.41) is 4.07. The summed E-state index contributed by atoms with van der Waals surface area (Å²) in [6.07, 6.45) is 4.72. The molecule has 1 aliphatic rings. The van der Waals surface area contributed by atoms with E-state index in [1.165, 1.54) is 16.0 Å². The van der Waals surface area contributed by atoms with Gasteiger partial charge in [0.05, 0.1) is 6.26 Å². The van der Waals surface area contributed by atoms with E-state index in [-0.39, 0.29) is 17.6 Å². The van der Waals surface area contributed by atoms with E-state index in [0.717, 1.165) is 18.4 Å². The van der Waals surface area contributed by atoms with Crippen LogP contribution in [0.25, 0.3) is 6.08 Å². The third-order valence-electron chi connectivity index (χ3n) is 4.37. The molecule has 7 heteroatoms. The second kappa shape index (κ2) is 8.33. The number of hydrogen-bond donors (Lipinski definition) is 1. The summed E-state index contributed by atoms with van der Waals surface area (Å²) in [5.74, 6) is 0.0672. The molecule has 6 nitrogen and oxygen atoms in total. The summed E-state index contributed by atoms with van der Waals surface area (Å²) in [6, 6.07) is 12.6. The monoisotopic (exact) mass is 374 g/mol. The smallest absolute Gasteiger partial charge is 0.286 e. The molecule has 3 rings (SSSR count). The molecule has 1 aromatic heterocycles. The highest BCUT2D eigenvalue weighted by atomic mass is 32.2. The van der Waals surface area contributed by atoms with Gasteiger partial charge in [0.1, 0.15) is 0 Å². The van der Waals surface area contributed by atoms with Gasteiger partial charge in [0, 0.05) is 25.0 Å². The molecule has 1 amide bonds. The van der Waals surface area contributed by atoms with Crippen LogP contribution >= 0.6 is 0 Å². The number of hydrogen-bond acceptors (Lipinski definition) is 4. The molecular formula is C19H22N2O4S. The number of carbonyl (C=O) groups excluding carboxylic acids is 1. The molecule has 0 radical (unpaired) electrons. The highest BCUT2D eigenvalue weighted by molar-refractivity contribution is 7.92. The molecule has 26 heavy (non-hydrogen) atoms. The van der Waals surface area contributed by atoms with Gasteiger partial charge in [-0.2, -0.15) is 4.31 Å². The van der Waals surface area contributed by atoms with E-state index in [2.05, 4.69) is 5.32 Å². The van der Waals surface area contributed by atoms with Crippen molar-refractivity contribution in [2.75, 3.05) is 19.6 Å². The molecule has 1 N–H and O–H groups in total. The van der Waals surface area contributed by atoms with Crippen molar-refractivity contribution >= 4 is 22.0 Å². The van der Waals surface area contributed by atoms with E-state index in [4.69, 9.17) is 4.42 Å². The topological polar surface area (TPSA) is 79.6 Å². The van der Waals surface area contributed by atoms with Gasteiger partial charge in [0.15, 0.2) is 5.76 Å². The Bertz CT molecular complexity index is 845. The minimum atomic E-state index is -3.47. The summed E-state index contributed by atoms with van der Waals surface area (Å²) >= 11 is 0. The Hall–Kier alpha value is -2.38. The number of benzene rings is 1. The van der Waals surface area contributed by atoms with Crippen molar-refractivity contribution in [1.82, 2.24) is 9.62 Å². The van der Waals surface area contributed by atoms with Crippen LogP contribution in [0.1, 0.15) is 29.0 Å². The predicted octanol–water partition coefficient (Wildman–Crippen LogP) is 2.72. The summed E-state index contributed by atoms with van der Waals surface area (Å²) < 4.78 is 31.7. The minimum absolute atomic E-state index is 0.0857. The zero-order valence-electron chi connectivity index (χ0n) is 14.4. The molecule has 2 heterocycles. The maximum absolute atomic E-state index is 12.6. The van der Waals surface area contributed by atoms with Crippen LogP contribution < -0.4 is 5.32 Å². The highest BCUT2D eigenvalue weighted by Gasteiger charge is 2.27. The van der Waals surface area contributed by atoms with Crippen molar-refractivity contribution in [1.29, 1.82) is 0 Å². The van der Waals surface area contributed by atoms with Crippen molar-refractivity contribution in [3.05, 3.63) is 65.5 Å². The number of nitrogens with one attached hydrogen (secondary N) is 1. The van der Waals surface area contributed by atoms with Gasteiger partial charge in [-0.15, -0.1) is 0 Å². The van der Waals surface area contributed by atoms with Crippen molar-refractivity contribution in [3.8, 4) is 0 Å². The average Bonchev–Trinajstić information content (AvgIpc) is 3.21. The van der Waals surface area contributed by atoms with Crippen molar-refractivity contribution in [3.63, 3.8) is 0 Å². The lowest BCUT2D eigenvalue weighted by molar-refractivity contribution is 0.0914. The summed E-state index contributed by atoms with van der Waals surface area (Å²) in [7, 11) is -3.47. The van der Waals surface area contributed by atoms with E-state index in [1.807, 2.05) is 30.3 Å². The van der Waals surface area contributed by atoms with E-state index >= 15 is 0 Å². The van der Waals surface area contributed by atoms with Gasteiger partial charge in [-0.25, -0.2) is 8.42 Å². The quantitative estimate of drug-likeness (QED) is 0.843. The van der Waals surface area contributed by atoms with E-state index < -0.39 is 10.0 Å². The summed E-state index contributed by atoms with van der Waals surface area (Å²) in [6.45, 7) is 1.33. The van der Waals surface area contributed by atoms with Crippen molar-refractivity contribution in [2.24, 2.45) is 5.92 Å². The van der Waals surface area contributed by atoms with Gasteiger partial charge >= 0.3 is 0 Å². The van der Waals surface area contributed by atoms with Crippen LogP contribution in [0, 0.1) is 5.92 Å². The molecule has 2 aromatic rings. The molecule has 0 aliphatic carbocycles. The Morgan fingerprint density at radius 3 is 2.77 bits per heavy atom. The lowest BCUT2D eigenvalue weighted by atomic mass is 10.00. The first-order chi connectivity index (χ1) is 12.5. The molecule has 1 saturated heterocycles. The predicted molar refractivity (Wildman–Crippen MR) is 99.7 cm³/mol. The first-order valence-electron chi connectivity index (χ1n) is 8.59. The molecule has 1 aromatic carbocycles. The van der Waals surface area contributed by atoms with Crippen LogP contribution in [0.2, 0.25) is 0 Å². The number of furan rings is 1. The van der Waals surface area contributed by atoms with Crippen LogP contribution in [0.15, 0.2) is 58.6 Å². The van der Waals surface area contributed by atoms with Crippen LogP contribution in [0.4, 0.5) is 0 Å². The third-order valence-corrected chi connectivity index (χ3v) is 5.90. The number of nitrogens with zero attached hydrogens (tertiary/aromatic N) is 1. The zero-order valence-corrected chi connectivity index (χ0v) is 15.2. The van der Waals surface area contributed by atoms with Gasteiger partial charge in [0.2, 0.25) is 10.0 Å². The molecule has 1 unspecified atom stereocenters.